The van der Waals surface area contributed by atoms with Gasteiger partial charge < -0.3 is 0 Å². The Morgan fingerprint density at radius 1 is 0.354 bits per heavy atom. The third kappa shape index (κ3) is 3.66. The van der Waals surface area contributed by atoms with Crippen LogP contribution in [-0.4, -0.2) is 0 Å². The van der Waals surface area contributed by atoms with E-state index in [4.69, 9.17) is 0 Å². The highest BCUT2D eigenvalue weighted by Gasteiger charge is 2.26. The van der Waals surface area contributed by atoms with Crippen LogP contribution in [-0.2, 0) is 0 Å². The van der Waals surface area contributed by atoms with Gasteiger partial charge in [0.15, 0.2) is 0 Å². The molecule has 0 atom stereocenters. The van der Waals surface area contributed by atoms with E-state index in [0.29, 0.717) is 11.1 Å². The summed E-state index contributed by atoms with van der Waals surface area (Å²) < 4.78 is 0. The number of nitrogens with zero attached hydrogens (tertiary/aromatic N) is 2. The van der Waals surface area contributed by atoms with Gasteiger partial charge in [-0.3, -0.25) is 0 Å². The van der Waals surface area contributed by atoms with E-state index < -0.39 is 0 Å². The van der Waals surface area contributed by atoms with E-state index in [-0.39, 0.29) is 0 Å². The molecule has 0 fully saturated rings. The van der Waals surface area contributed by atoms with Gasteiger partial charge in [-0.25, -0.2) is 0 Å². The lowest BCUT2D eigenvalue weighted by molar-refractivity contribution is 1.48. The summed E-state index contributed by atoms with van der Waals surface area (Å²) >= 11 is 0. The number of benzene rings is 8. The fourth-order valence-corrected chi connectivity index (χ4v) is 8.16. The molecule has 2 nitrogen and oxygen atoms in total. The second-order valence-electron chi connectivity index (χ2n) is 12.2. The van der Waals surface area contributed by atoms with Gasteiger partial charge in [-0.05, 0) is 128 Å². The average Bonchev–Trinajstić information content (AvgIpc) is 3.66. The molecule has 10 aromatic rings. The number of rotatable bonds is 2. The van der Waals surface area contributed by atoms with Gasteiger partial charge in [-0.15, -0.1) is 0 Å². The SMILES string of the molecule is CC.N#Cc1ccc(-c2c3cc4c5ccccc5c5cccc(c3c(-c3ccc(C#N)cc3)c3c6cccc7cccc(c23)c76)c54)cc1. The molecule has 0 radical (unpaired) electrons. The Labute approximate surface area is 278 Å². The van der Waals surface area contributed by atoms with Gasteiger partial charge >= 0.3 is 0 Å². The van der Waals surface area contributed by atoms with Gasteiger partial charge in [0.1, 0.15) is 0 Å². The van der Waals surface area contributed by atoms with Crippen LogP contribution in [0, 0.1) is 22.7 Å². The number of hydrogen-bond acceptors (Lipinski definition) is 2. The summed E-state index contributed by atoms with van der Waals surface area (Å²) in [4.78, 5) is 0. The van der Waals surface area contributed by atoms with Crippen LogP contribution in [0.2, 0.25) is 0 Å². The van der Waals surface area contributed by atoms with E-state index in [0.717, 1.165) is 11.1 Å². The summed E-state index contributed by atoms with van der Waals surface area (Å²) in [5, 5.41) is 36.7. The lowest BCUT2D eigenvalue weighted by Gasteiger charge is -2.19. The Morgan fingerprint density at radius 2 is 0.812 bits per heavy atom. The lowest BCUT2D eigenvalue weighted by atomic mass is 9.83. The van der Waals surface area contributed by atoms with E-state index in [1.807, 2.05) is 38.1 Å². The fraction of sp³-hybridized carbons (Fsp3) is 0.0435. The predicted molar refractivity (Wildman–Crippen MR) is 203 cm³/mol. The zero-order valence-corrected chi connectivity index (χ0v) is 26.6. The monoisotopic (exact) mass is 608 g/mol. The fourth-order valence-electron chi connectivity index (χ4n) is 8.16. The van der Waals surface area contributed by atoms with E-state index in [1.54, 1.807) is 0 Å². The predicted octanol–water partition coefficient (Wildman–Crippen LogP) is 12.7. The van der Waals surface area contributed by atoms with Crippen molar-refractivity contribution in [2.24, 2.45) is 0 Å². The first-order valence-corrected chi connectivity index (χ1v) is 16.5. The van der Waals surface area contributed by atoms with E-state index in [1.165, 1.54) is 86.5 Å². The van der Waals surface area contributed by atoms with Gasteiger partial charge in [-0.2, -0.15) is 10.5 Å². The van der Waals surface area contributed by atoms with Crippen molar-refractivity contribution in [3.05, 3.63) is 145 Å². The molecule has 0 saturated heterocycles. The van der Waals surface area contributed by atoms with Gasteiger partial charge in [0.05, 0.1) is 23.3 Å². The van der Waals surface area contributed by atoms with Crippen molar-refractivity contribution in [1.82, 2.24) is 0 Å². The zero-order chi connectivity index (χ0) is 32.5. The topological polar surface area (TPSA) is 47.6 Å². The van der Waals surface area contributed by atoms with Crippen molar-refractivity contribution in [2.75, 3.05) is 0 Å². The third-order valence-corrected chi connectivity index (χ3v) is 9.99. The van der Waals surface area contributed by atoms with Crippen molar-refractivity contribution in [2.45, 2.75) is 13.8 Å². The second-order valence-corrected chi connectivity index (χ2v) is 12.2. The molecular weight excluding hydrogens is 581 g/mol. The molecule has 0 unspecified atom stereocenters. The van der Waals surface area contributed by atoms with E-state index in [9.17, 15) is 10.5 Å². The zero-order valence-electron chi connectivity index (χ0n) is 26.6. The molecular formula is C46H28N2. The molecule has 0 spiro atoms. The van der Waals surface area contributed by atoms with Crippen LogP contribution in [0.25, 0.3) is 97.7 Å². The summed E-state index contributed by atoms with van der Waals surface area (Å²) in [7, 11) is 0. The number of fused-ring (bicyclic) bond motifs is 8. The van der Waals surface area contributed by atoms with Crippen molar-refractivity contribution in [3.8, 4) is 34.4 Å². The smallest absolute Gasteiger partial charge is 0.0991 e. The van der Waals surface area contributed by atoms with Crippen LogP contribution >= 0.6 is 0 Å². The van der Waals surface area contributed by atoms with Gasteiger partial charge in [0, 0.05) is 0 Å². The third-order valence-electron chi connectivity index (χ3n) is 9.99. The van der Waals surface area contributed by atoms with Gasteiger partial charge in [0.25, 0.3) is 0 Å². The average molecular weight is 609 g/mol. The maximum absolute atomic E-state index is 9.67. The molecule has 0 bridgehead atoms. The highest BCUT2D eigenvalue weighted by molar-refractivity contribution is 6.44. The molecule has 0 saturated carbocycles. The first kappa shape index (κ1) is 27.8. The van der Waals surface area contributed by atoms with Crippen molar-refractivity contribution in [1.29, 1.82) is 10.5 Å². The van der Waals surface area contributed by atoms with E-state index in [2.05, 4.69) is 121 Å². The van der Waals surface area contributed by atoms with Crippen LogP contribution in [0.1, 0.15) is 25.0 Å². The summed E-state index contributed by atoms with van der Waals surface area (Å²) in [5.41, 5.74) is 5.84. The van der Waals surface area contributed by atoms with Gasteiger partial charge in [-0.1, -0.05) is 117 Å². The summed E-state index contributed by atoms with van der Waals surface area (Å²) in [5.74, 6) is 0. The molecule has 0 aliphatic rings. The number of hydrogen-bond donors (Lipinski definition) is 0. The van der Waals surface area contributed by atoms with Crippen LogP contribution < -0.4 is 0 Å². The summed E-state index contributed by atoms with van der Waals surface area (Å²) in [6.45, 7) is 4.00. The normalized spacial score (nSPS) is 11.5. The Hall–Kier alpha value is -6.48. The van der Waals surface area contributed by atoms with Crippen LogP contribution in [0.3, 0.4) is 0 Å². The molecule has 0 N–H and O–H groups in total. The highest BCUT2D eigenvalue weighted by atomic mass is 14.3. The minimum absolute atomic E-state index is 0.645. The standard InChI is InChI=1S/C44H22N2.C2H6/c45-23-25-14-18-28(19-15-25)39-37-22-36-31-9-2-1-8-30(31)32-10-5-13-35(41(32)36)42(37)40(29-20-16-26(24-46)17-21-29)44-34-12-4-7-27-6-3-11-33(38(27)34)43(39)44;1-2/h1-22H;1-2H3. The summed E-state index contributed by atoms with van der Waals surface area (Å²) in [6.07, 6.45) is 0. The number of nitriles is 2. The van der Waals surface area contributed by atoms with Crippen LogP contribution in [0.5, 0.6) is 0 Å². The first-order chi connectivity index (χ1) is 23.7. The first-order valence-electron chi connectivity index (χ1n) is 16.5. The lowest BCUT2D eigenvalue weighted by Crippen LogP contribution is -1.91. The van der Waals surface area contributed by atoms with Crippen molar-refractivity contribution in [3.63, 3.8) is 0 Å². The van der Waals surface area contributed by atoms with Crippen LogP contribution in [0.4, 0.5) is 0 Å². The van der Waals surface area contributed by atoms with Gasteiger partial charge in [0.2, 0.25) is 0 Å². The largest absolute Gasteiger partial charge is 0.192 e. The van der Waals surface area contributed by atoms with Crippen molar-refractivity contribution < 1.29 is 0 Å². The molecule has 10 aromatic carbocycles. The molecule has 222 valence electrons. The summed E-state index contributed by atoms with van der Waals surface area (Å²) in [6, 6.07) is 51.8. The maximum atomic E-state index is 9.67. The molecule has 0 amide bonds. The molecule has 2 heteroatoms. The van der Waals surface area contributed by atoms with E-state index >= 15 is 0 Å². The Bertz CT molecular complexity index is 2950. The Morgan fingerprint density at radius 3 is 1.40 bits per heavy atom. The molecule has 0 heterocycles. The van der Waals surface area contributed by atoms with Crippen molar-refractivity contribution >= 4 is 75.4 Å². The van der Waals surface area contributed by atoms with Crippen LogP contribution in [0.15, 0.2) is 133 Å². The molecule has 0 aliphatic heterocycles. The Kier molecular flexibility index (Phi) is 6.10. The Balaban J connectivity index is 0.00000154. The highest BCUT2D eigenvalue weighted by Crippen LogP contribution is 2.54. The maximum Gasteiger partial charge on any atom is 0.0991 e. The molecule has 0 aromatic heterocycles. The molecule has 0 aliphatic carbocycles. The minimum atomic E-state index is 0.645. The minimum Gasteiger partial charge on any atom is -0.192 e. The molecule has 10 rings (SSSR count). The quantitative estimate of drug-likeness (QED) is 0.183. The second kappa shape index (κ2) is 10.5. The molecule has 48 heavy (non-hydrogen) atoms.